The van der Waals surface area contributed by atoms with Crippen LogP contribution in [0.15, 0.2) is 28.6 Å². The molecule has 0 unspecified atom stereocenters. The summed E-state index contributed by atoms with van der Waals surface area (Å²) in [6, 6.07) is 8.87. The Morgan fingerprint density at radius 3 is 2.83 bits per heavy atom. The SMILES string of the molecule is c1ccc2sc(CSc3nnc(NC4CCCCC4)s3)nc2c1. The first-order valence-corrected chi connectivity index (χ1v) is 10.6. The van der Waals surface area contributed by atoms with Gasteiger partial charge in [-0.25, -0.2) is 4.98 Å². The highest BCUT2D eigenvalue weighted by atomic mass is 32.2. The molecule has 2 heterocycles. The molecule has 1 aromatic carbocycles. The van der Waals surface area contributed by atoms with E-state index in [1.54, 1.807) is 34.4 Å². The number of fused-ring (bicyclic) bond motifs is 1. The second kappa shape index (κ2) is 7.15. The summed E-state index contributed by atoms with van der Waals surface area (Å²) in [5.74, 6) is 0.859. The first-order valence-electron chi connectivity index (χ1n) is 7.94. The molecule has 1 saturated carbocycles. The number of hydrogen-bond acceptors (Lipinski definition) is 7. The number of thiazole rings is 1. The molecule has 4 nitrogen and oxygen atoms in total. The van der Waals surface area contributed by atoms with Crippen molar-refractivity contribution < 1.29 is 0 Å². The van der Waals surface area contributed by atoms with E-state index in [0.29, 0.717) is 6.04 Å². The largest absolute Gasteiger partial charge is 0.357 e. The summed E-state index contributed by atoms with van der Waals surface area (Å²) in [6.07, 6.45) is 6.55. The van der Waals surface area contributed by atoms with E-state index in [1.165, 1.54) is 36.8 Å². The minimum absolute atomic E-state index is 0.582. The normalized spacial score (nSPS) is 16.0. The molecule has 120 valence electrons. The van der Waals surface area contributed by atoms with Gasteiger partial charge in [0.15, 0.2) is 4.34 Å². The van der Waals surface area contributed by atoms with Gasteiger partial charge in [-0.2, -0.15) is 0 Å². The summed E-state index contributed by atoms with van der Waals surface area (Å²) in [7, 11) is 0. The maximum atomic E-state index is 4.67. The fraction of sp³-hybridized carbons (Fsp3) is 0.438. The lowest BCUT2D eigenvalue weighted by Crippen LogP contribution is -2.21. The summed E-state index contributed by atoms with van der Waals surface area (Å²) in [6.45, 7) is 0. The lowest BCUT2D eigenvalue weighted by atomic mass is 9.96. The van der Waals surface area contributed by atoms with E-state index in [4.69, 9.17) is 0 Å². The standard InChI is InChI=1S/C16H18N4S3/c1-2-6-11(7-3-1)17-15-19-20-16(23-15)21-10-14-18-12-8-4-5-9-13(12)22-14/h4-5,8-9,11H,1-3,6-7,10H2,(H,17,19). The summed E-state index contributed by atoms with van der Waals surface area (Å²) in [5, 5.41) is 14.2. The van der Waals surface area contributed by atoms with Crippen LogP contribution >= 0.6 is 34.4 Å². The number of rotatable bonds is 5. The van der Waals surface area contributed by atoms with Gasteiger partial charge in [0.25, 0.3) is 0 Å². The zero-order valence-corrected chi connectivity index (χ0v) is 15.1. The number of nitrogens with one attached hydrogen (secondary N) is 1. The van der Waals surface area contributed by atoms with E-state index in [-0.39, 0.29) is 0 Å². The molecule has 1 fully saturated rings. The average molecular weight is 363 g/mol. The van der Waals surface area contributed by atoms with Crippen molar-refractivity contribution in [3.8, 4) is 0 Å². The van der Waals surface area contributed by atoms with E-state index in [0.717, 1.165) is 25.7 Å². The monoisotopic (exact) mass is 362 g/mol. The molecule has 0 amide bonds. The maximum absolute atomic E-state index is 4.67. The number of nitrogens with zero attached hydrogens (tertiary/aromatic N) is 3. The minimum atomic E-state index is 0.582. The predicted molar refractivity (Wildman–Crippen MR) is 99.6 cm³/mol. The number of para-hydroxylation sites is 1. The van der Waals surface area contributed by atoms with Gasteiger partial charge < -0.3 is 5.32 Å². The van der Waals surface area contributed by atoms with Crippen molar-refractivity contribution in [3.05, 3.63) is 29.3 Å². The molecule has 0 saturated heterocycles. The Kier molecular flexibility index (Phi) is 4.77. The van der Waals surface area contributed by atoms with Gasteiger partial charge in [-0.05, 0) is 25.0 Å². The van der Waals surface area contributed by atoms with Crippen molar-refractivity contribution in [2.24, 2.45) is 0 Å². The van der Waals surface area contributed by atoms with Gasteiger partial charge in [-0.1, -0.05) is 54.5 Å². The Morgan fingerprint density at radius 1 is 1.09 bits per heavy atom. The van der Waals surface area contributed by atoms with Gasteiger partial charge in [0.2, 0.25) is 5.13 Å². The Hall–Kier alpha value is -1.18. The quantitative estimate of drug-likeness (QED) is 0.633. The van der Waals surface area contributed by atoms with Crippen LogP contribution < -0.4 is 5.32 Å². The van der Waals surface area contributed by atoms with E-state index in [9.17, 15) is 0 Å². The Morgan fingerprint density at radius 2 is 1.96 bits per heavy atom. The molecule has 4 rings (SSSR count). The lowest BCUT2D eigenvalue weighted by Gasteiger charge is -2.21. The van der Waals surface area contributed by atoms with Crippen LogP contribution in [0.3, 0.4) is 0 Å². The maximum Gasteiger partial charge on any atom is 0.206 e. The molecule has 2 aromatic heterocycles. The van der Waals surface area contributed by atoms with Crippen molar-refractivity contribution in [2.75, 3.05) is 5.32 Å². The van der Waals surface area contributed by atoms with Gasteiger partial charge in [-0.3, -0.25) is 0 Å². The molecule has 1 aliphatic rings. The summed E-state index contributed by atoms with van der Waals surface area (Å²) in [5.41, 5.74) is 1.09. The molecule has 0 atom stereocenters. The Labute approximate surface area is 147 Å². The molecule has 1 N–H and O–H groups in total. The third-order valence-electron chi connectivity index (χ3n) is 4.00. The molecule has 0 aliphatic heterocycles. The molecular weight excluding hydrogens is 344 g/mol. The second-order valence-corrected chi connectivity index (χ2v) is 9.03. The van der Waals surface area contributed by atoms with Gasteiger partial charge in [0.05, 0.1) is 16.0 Å². The molecule has 1 aliphatic carbocycles. The zero-order chi connectivity index (χ0) is 15.5. The first-order chi connectivity index (χ1) is 11.4. The van der Waals surface area contributed by atoms with E-state index in [1.807, 2.05) is 6.07 Å². The molecule has 0 radical (unpaired) electrons. The number of thioether (sulfide) groups is 1. The Balaban J connectivity index is 1.35. The molecular formula is C16H18N4S3. The van der Waals surface area contributed by atoms with Gasteiger partial charge in [-0.15, -0.1) is 21.5 Å². The van der Waals surface area contributed by atoms with Crippen molar-refractivity contribution in [2.45, 2.75) is 48.2 Å². The van der Waals surface area contributed by atoms with Crippen LogP contribution in [-0.4, -0.2) is 21.2 Å². The van der Waals surface area contributed by atoms with Crippen LogP contribution in [0.25, 0.3) is 10.2 Å². The Bertz CT molecular complexity index is 743. The summed E-state index contributed by atoms with van der Waals surface area (Å²) < 4.78 is 2.27. The molecule has 0 spiro atoms. The molecule has 23 heavy (non-hydrogen) atoms. The first kappa shape index (κ1) is 15.4. The summed E-state index contributed by atoms with van der Waals surface area (Å²) in [4.78, 5) is 4.67. The lowest BCUT2D eigenvalue weighted by molar-refractivity contribution is 0.462. The third kappa shape index (κ3) is 3.84. The fourth-order valence-corrected chi connectivity index (χ4v) is 5.64. The smallest absolute Gasteiger partial charge is 0.206 e. The van der Waals surface area contributed by atoms with E-state index >= 15 is 0 Å². The number of anilines is 1. The highest BCUT2D eigenvalue weighted by Crippen LogP contribution is 2.32. The molecule has 3 aromatic rings. The van der Waals surface area contributed by atoms with Crippen LogP contribution in [0.2, 0.25) is 0 Å². The van der Waals surface area contributed by atoms with Crippen LogP contribution in [0, 0.1) is 0 Å². The van der Waals surface area contributed by atoms with Crippen molar-refractivity contribution in [3.63, 3.8) is 0 Å². The molecule has 7 heteroatoms. The van der Waals surface area contributed by atoms with Crippen LogP contribution in [0.4, 0.5) is 5.13 Å². The van der Waals surface area contributed by atoms with Gasteiger partial charge in [0.1, 0.15) is 5.01 Å². The van der Waals surface area contributed by atoms with Crippen LogP contribution in [0.5, 0.6) is 0 Å². The highest BCUT2D eigenvalue weighted by Gasteiger charge is 2.15. The van der Waals surface area contributed by atoms with Crippen molar-refractivity contribution in [1.82, 2.24) is 15.2 Å². The zero-order valence-electron chi connectivity index (χ0n) is 12.7. The number of hydrogen-bond donors (Lipinski definition) is 1. The number of aromatic nitrogens is 3. The fourth-order valence-electron chi connectivity index (χ4n) is 2.85. The van der Waals surface area contributed by atoms with Crippen molar-refractivity contribution in [1.29, 1.82) is 0 Å². The summed E-state index contributed by atoms with van der Waals surface area (Å²) >= 11 is 5.14. The van der Waals surface area contributed by atoms with Crippen molar-refractivity contribution >= 4 is 49.8 Å². The van der Waals surface area contributed by atoms with Crippen LogP contribution in [0.1, 0.15) is 37.1 Å². The minimum Gasteiger partial charge on any atom is -0.357 e. The second-order valence-electron chi connectivity index (χ2n) is 5.72. The van der Waals surface area contributed by atoms with E-state index < -0.39 is 0 Å². The van der Waals surface area contributed by atoms with E-state index in [2.05, 4.69) is 38.7 Å². The topological polar surface area (TPSA) is 50.7 Å². The number of benzene rings is 1. The predicted octanol–water partition coefficient (Wildman–Crippen LogP) is 5.18. The van der Waals surface area contributed by atoms with Crippen LogP contribution in [-0.2, 0) is 5.75 Å². The molecule has 0 bridgehead atoms. The third-order valence-corrected chi connectivity index (χ3v) is 7.21. The van der Waals surface area contributed by atoms with Gasteiger partial charge >= 0.3 is 0 Å². The average Bonchev–Trinajstić information content (AvgIpc) is 3.20. The highest BCUT2D eigenvalue weighted by molar-refractivity contribution is 8.00. The van der Waals surface area contributed by atoms with Gasteiger partial charge in [0, 0.05) is 6.04 Å².